The molecule has 3 aliphatic rings. The topological polar surface area (TPSA) is 159 Å². The smallest absolute Gasteiger partial charge is 0.362 e. The van der Waals surface area contributed by atoms with Crippen LogP contribution in [0, 0.1) is 0 Å². The molecule has 0 saturated heterocycles. The first-order chi connectivity index (χ1) is 32.6. The molecule has 2 aliphatic carbocycles. The van der Waals surface area contributed by atoms with Gasteiger partial charge in [0.25, 0.3) is 5.66 Å². The molecule has 0 unspecified atom stereocenters. The van der Waals surface area contributed by atoms with Crippen molar-refractivity contribution >= 4 is 47.3 Å². The van der Waals surface area contributed by atoms with E-state index in [1.165, 1.54) is 36.4 Å². The summed E-state index contributed by atoms with van der Waals surface area (Å²) in [4.78, 5) is 75.9. The number of ether oxygens (including phenoxy) is 5. The molecule has 5 aromatic rings. The first kappa shape index (κ1) is 46.5. The zero-order valence-electron chi connectivity index (χ0n) is 36.8. The monoisotopic (exact) mass is 924 g/mol. The van der Waals surface area contributed by atoms with Gasteiger partial charge in [-0.1, -0.05) is 121 Å². The van der Waals surface area contributed by atoms with Gasteiger partial charge in [-0.05, 0) is 91.3 Å². The predicted molar refractivity (Wildman–Crippen MR) is 247 cm³/mol. The van der Waals surface area contributed by atoms with Gasteiger partial charge in [0, 0.05) is 25.7 Å². The van der Waals surface area contributed by atoms with Crippen molar-refractivity contribution in [2.24, 2.45) is 10.1 Å². The molecule has 0 radical (unpaired) electrons. The Balaban J connectivity index is 1.34. The fraction of sp³-hybridized carbons (Fsp3) is 0.321. The summed E-state index contributed by atoms with van der Waals surface area (Å²) >= 11 is 7.66. The molecular formula is C53H51ClN3O10+. The standard InChI is InChI=1S/C53H51ClN3O10/c54-52(32-18-6-19-33-52)57-46(55-53(56-57)34-20-7-21-35-53)45(67-51(62)41-30-16-5-17-31-41)44(66-50(61)40-28-14-4-15-29-40)43(65-49(60)39-26-12-3-13-27-39)42(64-48(59)38-24-10-2-11-25-38)36-63-47(58)37-22-8-1-9-23-37/h1-5,8-17,22-31,42-45H,6-7,18-21,32-36H2/q+1/t42-,43-,44+,45+/m1/s1. The van der Waals surface area contributed by atoms with Crippen LogP contribution in [0.2, 0.25) is 0 Å². The number of carbonyl (C=O) groups is 5. The molecule has 8 rings (SSSR count). The maximum absolute atomic E-state index is 14.6. The lowest BCUT2D eigenvalue weighted by Crippen LogP contribution is -2.58. The molecule has 67 heavy (non-hydrogen) atoms. The Kier molecular flexibility index (Phi) is 15.0. The van der Waals surface area contributed by atoms with E-state index < -0.39 is 71.5 Å². The third-order valence-electron chi connectivity index (χ3n) is 12.1. The van der Waals surface area contributed by atoms with Crippen LogP contribution < -0.4 is 0 Å². The highest BCUT2D eigenvalue weighted by molar-refractivity contribution is 6.23. The Morgan fingerprint density at radius 1 is 0.478 bits per heavy atom. The maximum atomic E-state index is 14.6. The van der Waals surface area contributed by atoms with Crippen LogP contribution in [-0.2, 0) is 23.7 Å². The second-order valence-electron chi connectivity index (χ2n) is 16.8. The maximum Gasteiger partial charge on any atom is 0.362 e. The summed E-state index contributed by atoms with van der Waals surface area (Å²) in [5.41, 5.74) is -0.363. The van der Waals surface area contributed by atoms with Crippen LogP contribution in [-0.4, -0.2) is 82.1 Å². The van der Waals surface area contributed by atoms with Gasteiger partial charge in [-0.25, -0.2) is 24.0 Å². The number of azo groups is 2. The molecule has 0 bridgehead atoms. The summed E-state index contributed by atoms with van der Waals surface area (Å²) in [5.74, 6) is -4.28. The van der Waals surface area contributed by atoms with Gasteiger partial charge in [-0.15, -0.1) is 4.70 Å². The third kappa shape index (κ3) is 11.3. The zero-order chi connectivity index (χ0) is 46.6. The van der Waals surface area contributed by atoms with E-state index >= 15 is 0 Å². The number of hydrogen-bond acceptors (Lipinski definition) is 12. The molecule has 1 aliphatic heterocycles. The van der Waals surface area contributed by atoms with Gasteiger partial charge >= 0.3 is 35.7 Å². The van der Waals surface area contributed by atoms with Gasteiger partial charge in [-0.3, -0.25) is 0 Å². The molecule has 344 valence electrons. The SMILES string of the molecule is O=C(OC[C@@H](OC(=O)c1ccccc1)[C@@H](OC(=O)c1ccccc1)[C@H](OC(=O)c1ccccc1)[C@H](OC(=O)c1ccccc1)C1=NC2(CCCCC2)N=[N+]1C1(Cl)CCCCC1)c1ccccc1. The number of halogens is 1. The number of benzene rings is 5. The molecule has 0 aromatic heterocycles. The fourth-order valence-electron chi connectivity index (χ4n) is 8.64. The van der Waals surface area contributed by atoms with Crippen molar-refractivity contribution in [3.05, 3.63) is 179 Å². The molecule has 1 spiro atoms. The highest BCUT2D eigenvalue weighted by Gasteiger charge is 2.60. The first-order valence-electron chi connectivity index (χ1n) is 22.7. The van der Waals surface area contributed by atoms with Crippen LogP contribution in [0.3, 0.4) is 0 Å². The van der Waals surface area contributed by atoms with E-state index in [4.69, 9.17) is 45.4 Å². The van der Waals surface area contributed by atoms with Crippen molar-refractivity contribution in [2.45, 2.75) is 99.3 Å². The Hall–Kier alpha value is -6.99. The van der Waals surface area contributed by atoms with Gasteiger partial charge in [-0.2, -0.15) is 0 Å². The average Bonchev–Trinajstić information content (AvgIpc) is 3.75. The highest BCUT2D eigenvalue weighted by atomic mass is 35.5. The normalized spacial score (nSPS) is 17.9. The van der Waals surface area contributed by atoms with Crippen LogP contribution in [0.1, 0.15) is 116 Å². The summed E-state index contributed by atoms with van der Waals surface area (Å²) in [6.07, 6.45) is -0.0156. The lowest BCUT2D eigenvalue weighted by atomic mass is 9.90. The highest BCUT2D eigenvalue weighted by Crippen LogP contribution is 2.44. The molecule has 2 fully saturated rings. The summed E-state index contributed by atoms with van der Waals surface area (Å²) in [6.45, 7) is -0.721. The summed E-state index contributed by atoms with van der Waals surface area (Å²) in [7, 11) is 0. The second kappa shape index (κ2) is 21.5. The van der Waals surface area contributed by atoms with E-state index in [0.717, 1.165) is 38.5 Å². The summed E-state index contributed by atoms with van der Waals surface area (Å²) in [6, 6.07) is 40.5. The van der Waals surface area contributed by atoms with Crippen molar-refractivity contribution in [1.82, 2.24) is 0 Å². The molecule has 13 nitrogen and oxygen atoms in total. The molecule has 14 heteroatoms. The van der Waals surface area contributed by atoms with Crippen molar-refractivity contribution in [3.63, 3.8) is 0 Å². The number of carbonyl (C=O) groups excluding carboxylic acids is 5. The molecule has 2 saturated carbocycles. The summed E-state index contributed by atoms with van der Waals surface area (Å²) < 4.78 is 33.3. The van der Waals surface area contributed by atoms with Crippen molar-refractivity contribution < 1.29 is 52.4 Å². The lowest BCUT2D eigenvalue weighted by Gasteiger charge is -2.36. The number of esters is 5. The van der Waals surface area contributed by atoms with E-state index in [1.54, 1.807) is 120 Å². The Bertz CT molecular complexity index is 2570. The Morgan fingerprint density at radius 3 is 1.30 bits per heavy atom. The number of rotatable bonds is 16. The number of hydrogen-bond donors (Lipinski definition) is 0. The molecule has 5 aromatic carbocycles. The minimum absolute atomic E-state index is 0.0594. The fourth-order valence-corrected chi connectivity index (χ4v) is 9.03. The van der Waals surface area contributed by atoms with Crippen LogP contribution in [0.5, 0.6) is 0 Å². The summed E-state index contributed by atoms with van der Waals surface area (Å²) in [5, 5.41) is 5.27. The zero-order valence-corrected chi connectivity index (χ0v) is 37.6. The first-order valence-corrected chi connectivity index (χ1v) is 23.1. The number of nitrogens with zero attached hydrogens (tertiary/aromatic N) is 3. The van der Waals surface area contributed by atoms with Crippen LogP contribution >= 0.6 is 11.6 Å². The van der Waals surface area contributed by atoms with Crippen molar-refractivity contribution in [3.8, 4) is 0 Å². The molecule has 1 heterocycles. The Labute approximate surface area is 393 Å². The van der Waals surface area contributed by atoms with Gasteiger partial charge in [0.2, 0.25) is 11.1 Å². The number of amidine groups is 1. The Morgan fingerprint density at radius 2 is 0.851 bits per heavy atom. The van der Waals surface area contributed by atoms with Gasteiger partial charge in [0.05, 0.1) is 27.8 Å². The third-order valence-corrected chi connectivity index (χ3v) is 12.7. The van der Waals surface area contributed by atoms with E-state index in [-0.39, 0.29) is 33.7 Å². The molecule has 4 atom stereocenters. The van der Waals surface area contributed by atoms with E-state index in [1.807, 2.05) is 0 Å². The minimum Gasteiger partial charge on any atom is -0.458 e. The van der Waals surface area contributed by atoms with Crippen LogP contribution in [0.4, 0.5) is 0 Å². The molecule has 0 amide bonds. The van der Waals surface area contributed by atoms with Crippen molar-refractivity contribution in [2.75, 3.05) is 6.61 Å². The van der Waals surface area contributed by atoms with Gasteiger partial charge < -0.3 is 23.7 Å². The number of aliphatic imine (C=N–C) groups is 1. The second-order valence-corrected chi connectivity index (χ2v) is 17.5. The minimum atomic E-state index is -1.88. The lowest BCUT2D eigenvalue weighted by molar-refractivity contribution is -0.551. The van der Waals surface area contributed by atoms with E-state index in [0.29, 0.717) is 25.7 Å². The van der Waals surface area contributed by atoms with Crippen molar-refractivity contribution in [1.29, 1.82) is 0 Å². The largest absolute Gasteiger partial charge is 0.458 e. The van der Waals surface area contributed by atoms with E-state index in [2.05, 4.69) is 0 Å². The van der Waals surface area contributed by atoms with Crippen LogP contribution in [0.25, 0.3) is 0 Å². The number of alkyl halides is 1. The quantitative estimate of drug-likeness (QED) is 0.0306. The van der Waals surface area contributed by atoms with E-state index in [9.17, 15) is 24.0 Å². The molecular weight excluding hydrogens is 874 g/mol. The average molecular weight is 925 g/mol. The predicted octanol–water partition coefficient (Wildman–Crippen LogP) is 10.2. The molecule has 0 N–H and O–H groups in total. The van der Waals surface area contributed by atoms with Gasteiger partial charge in [0.15, 0.2) is 18.3 Å². The van der Waals surface area contributed by atoms with Crippen LogP contribution in [0.15, 0.2) is 162 Å². The van der Waals surface area contributed by atoms with Gasteiger partial charge in [0.1, 0.15) is 6.61 Å².